The van der Waals surface area contributed by atoms with Crippen molar-refractivity contribution >= 4 is 11.9 Å². The summed E-state index contributed by atoms with van der Waals surface area (Å²) < 4.78 is 5.96. The van der Waals surface area contributed by atoms with Crippen molar-refractivity contribution in [3.8, 4) is 0 Å². The normalized spacial score (nSPS) is 13.7. The van der Waals surface area contributed by atoms with Crippen LogP contribution in [0.1, 0.15) is 116 Å². The molecule has 0 aliphatic heterocycles. The molecule has 0 aromatic heterocycles. The first-order chi connectivity index (χ1) is 15.1. The molecule has 190 valence electrons. The quantitative estimate of drug-likeness (QED) is 0.123. The highest BCUT2D eigenvalue weighted by atomic mass is 16.5. The van der Waals surface area contributed by atoms with Crippen LogP contribution in [0.4, 0.5) is 0 Å². The number of carboxylic acids is 1. The minimum atomic E-state index is -0.944. The Balaban J connectivity index is 3.66. The first kappa shape index (κ1) is 30.9. The van der Waals surface area contributed by atoms with Crippen LogP contribution in [-0.4, -0.2) is 66.5 Å². The van der Waals surface area contributed by atoms with Crippen molar-refractivity contribution in [3.05, 3.63) is 0 Å². The van der Waals surface area contributed by atoms with E-state index in [9.17, 15) is 14.7 Å². The fraction of sp³-hybridized carbons (Fsp3) is 0.923. The summed E-state index contributed by atoms with van der Waals surface area (Å²) in [5.74, 6) is -1.24. The predicted molar refractivity (Wildman–Crippen MR) is 131 cm³/mol. The van der Waals surface area contributed by atoms with Crippen molar-refractivity contribution in [1.82, 2.24) is 0 Å². The molecule has 2 atom stereocenters. The fourth-order valence-electron chi connectivity index (χ4n) is 4.03. The van der Waals surface area contributed by atoms with Gasteiger partial charge in [0.25, 0.3) is 0 Å². The van der Waals surface area contributed by atoms with E-state index < -0.39 is 12.1 Å². The number of carbonyl (C=O) groups is 2. The van der Waals surface area contributed by atoms with Crippen LogP contribution in [0.25, 0.3) is 0 Å². The van der Waals surface area contributed by atoms with E-state index in [4.69, 9.17) is 9.84 Å². The third-order valence-corrected chi connectivity index (χ3v) is 5.76. The molecule has 0 aliphatic carbocycles. The molecule has 0 spiro atoms. The zero-order valence-electron chi connectivity index (χ0n) is 21.4. The number of hydrogen-bond acceptors (Lipinski definition) is 4. The second-order valence-electron chi connectivity index (χ2n) is 10.4. The molecule has 0 fully saturated rings. The van der Waals surface area contributed by atoms with Crippen molar-refractivity contribution < 1.29 is 29.0 Å². The monoisotopic (exact) mass is 458 g/mol. The minimum absolute atomic E-state index is 0.150. The van der Waals surface area contributed by atoms with E-state index in [0.717, 1.165) is 51.4 Å². The summed E-state index contributed by atoms with van der Waals surface area (Å²) in [7, 11) is 5.86. The van der Waals surface area contributed by atoms with Crippen LogP contribution in [-0.2, 0) is 14.3 Å². The van der Waals surface area contributed by atoms with E-state index in [1.54, 1.807) is 0 Å². The third kappa shape index (κ3) is 22.1. The van der Waals surface area contributed by atoms with E-state index in [0.29, 0.717) is 17.4 Å². The van der Waals surface area contributed by atoms with E-state index in [2.05, 4.69) is 6.92 Å². The summed E-state index contributed by atoms with van der Waals surface area (Å²) in [6.45, 7) is 2.73. The lowest BCUT2D eigenvalue weighted by molar-refractivity contribution is -0.873. The Labute approximate surface area is 197 Å². The zero-order valence-corrected chi connectivity index (χ0v) is 21.4. The fourth-order valence-corrected chi connectivity index (χ4v) is 4.03. The number of aliphatic carboxylic acids is 1. The smallest absolute Gasteiger partial charge is 0.307 e. The molecule has 0 saturated heterocycles. The number of rotatable bonds is 22. The highest BCUT2D eigenvalue weighted by molar-refractivity contribution is 5.71. The van der Waals surface area contributed by atoms with Crippen LogP contribution in [0.3, 0.4) is 0 Å². The average Bonchev–Trinajstić information content (AvgIpc) is 2.67. The Morgan fingerprint density at radius 3 is 1.72 bits per heavy atom. The van der Waals surface area contributed by atoms with Gasteiger partial charge in [-0.05, 0) is 19.3 Å². The molecule has 0 radical (unpaired) electrons. The number of ether oxygens (including phenoxy) is 1. The van der Waals surface area contributed by atoms with Crippen molar-refractivity contribution in [2.75, 3.05) is 27.7 Å². The van der Waals surface area contributed by atoms with Crippen LogP contribution in [0.5, 0.6) is 0 Å². The lowest BCUT2D eigenvalue weighted by Gasteiger charge is -2.28. The molecule has 2 unspecified atom stereocenters. The van der Waals surface area contributed by atoms with Gasteiger partial charge in [-0.3, -0.25) is 9.59 Å². The van der Waals surface area contributed by atoms with E-state index in [1.807, 2.05) is 21.1 Å². The molecule has 0 aromatic rings. The number of carbonyl (C=O) groups excluding carboxylic acids is 1. The topological polar surface area (TPSA) is 83.8 Å². The summed E-state index contributed by atoms with van der Waals surface area (Å²) >= 11 is 0. The summed E-state index contributed by atoms with van der Waals surface area (Å²) in [6, 6.07) is 0. The number of likely N-dealkylation sites (N-methyl/N-ethyl adjacent to an activating group) is 1. The molecule has 6 nitrogen and oxygen atoms in total. The number of unbranched alkanes of at least 4 members (excludes halogenated alkanes) is 11. The van der Waals surface area contributed by atoms with Crippen LogP contribution >= 0.6 is 0 Å². The van der Waals surface area contributed by atoms with Gasteiger partial charge in [-0.25, -0.2) is 0 Å². The van der Waals surface area contributed by atoms with E-state index >= 15 is 0 Å². The van der Waals surface area contributed by atoms with Gasteiger partial charge in [0.15, 0.2) is 6.10 Å². The van der Waals surface area contributed by atoms with Gasteiger partial charge in [-0.15, -0.1) is 0 Å². The second kappa shape index (κ2) is 19.3. The molecule has 0 saturated carbocycles. The number of nitrogens with zero attached hydrogens (tertiary/aromatic N) is 1. The molecule has 0 bridgehead atoms. The Bertz CT molecular complexity index is 475. The maximum atomic E-state index is 12.1. The van der Waals surface area contributed by atoms with Gasteiger partial charge >= 0.3 is 11.9 Å². The van der Waals surface area contributed by atoms with Gasteiger partial charge in [-0.2, -0.15) is 0 Å². The SMILES string of the molecule is CCCCCCCCCCC(O)CCCCCCCC(=O)OC(CC(=O)O)C[N+](C)(C)C. The number of aliphatic hydroxyl groups is 1. The number of aliphatic hydroxyl groups excluding tert-OH is 1. The zero-order chi connectivity index (χ0) is 24.2. The Hall–Kier alpha value is -1.14. The van der Waals surface area contributed by atoms with Crippen LogP contribution in [0.15, 0.2) is 0 Å². The van der Waals surface area contributed by atoms with E-state index in [-0.39, 0.29) is 18.5 Å². The highest BCUT2D eigenvalue weighted by Gasteiger charge is 2.24. The van der Waals surface area contributed by atoms with Gasteiger partial charge in [0.05, 0.1) is 33.7 Å². The molecule has 0 aromatic carbocycles. The predicted octanol–water partition coefficient (Wildman–Crippen LogP) is 5.70. The first-order valence-corrected chi connectivity index (χ1v) is 13.0. The van der Waals surface area contributed by atoms with Crippen LogP contribution < -0.4 is 0 Å². The second-order valence-corrected chi connectivity index (χ2v) is 10.4. The Morgan fingerprint density at radius 1 is 0.781 bits per heavy atom. The van der Waals surface area contributed by atoms with Gasteiger partial charge in [0.1, 0.15) is 6.54 Å². The van der Waals surface area contributed by atoms with Gasteiger partial charge in [0, 0.05) is 6.42 Å². The molecule has 0 heterocycles. The lowest BCUT2D eigenvalue weighted by Crippen LogP contribution is -2.43. The highest BCUT2D eigenvalue weighted by Crippen LogP contribution is 2.15. The molecule has 0 aliphatic rings. The average molecular weight is 459 g/mol. The Kier molecular flexibility index (Phi) is 18.7. The molecule has 2 N–H and O–H groups in total. The van der Waals surface area contributed by atoms with Crippen LogP contribution in [0, 0.1) is 0 Å². The maximum absolute atomic E-state index is 12.1. The summed E-state index contributed by atoms with van der Waals surface area (Å²) in [4.78, 5) is 23.1. The summed E-state index contributed by atoms with van der Waals surface area (Å²) in [5, 5.41) is 19.1. The maximum Gasteiger partial charge on any atom is 0.307 e. The van der Waals surface area contributed by atoms with Crippen molar-refractivity contribution in [1.29, 1.82) is 0 Å². The lowest BCUT2D eigenvalue weighted by atomic mass is 10.0. The molecule has 6 heteroatoms. The molecule has 0 amide bonds. The Morgan fingerprint density at radius 2 is 1.25 bits per heavy atom. The minimum Gasteiger partial charge on any atom is -0.481 e. The molecular weight excluding hydrogens is 406 g/mol. The van der Waals surface area contributed by atoms with Gasteiger partial charge in [0.2, 0.25) is 0 Å². The van der Waals surface area contributed by atoms with Gasteiger partial charge < -0.3 is 19.4 Å². The number of carboxylic acid groups (broad SMARTS) is 1. The van der Waals surface area contributed by atoms with Gasteiger partial charge in [-0.1, -0.05) is 84.0 Å². The largest absolute Gasteiger partial charge is 0.481 e. The summed E-state index contributed by atoms with van der Waals surface area (Å²) in [5.41, 5.74) is 0. The standard InChI is InChI=1S/C26H51NO5/c1-5-6-7-8-9-10-12-15-18-23(28)19-16-13-11-14-17-20-26(31)32-24(21-25(29)30)22-27(2,3)4/h23-24,28H,5-22H2,1-4H3/p+1. The molecule has 32 heavy (non-hydrogen) atoms. The molecular formula is C26H52NO5+. The van der Waals surface area contributed by atoms with Crippen LogP contribution in [0.2, 0.25) is 0 Å². The number of quaternary nitrogens is 1. The number of esters is 1. The summed E-state index contributed by atoms with van der Waals surface area (Å²) in [6.07, 6.45) is 16.5. The van der Waals surface area contributed by atoms with Crippen molar-refractivity contribution in [2.24, 2.45) is 0 Å². The van der Waals surface area contributed by atoms with E-state index in [1.165, 1.54) is 44.9 Å². The van der Waals surface area contributed by atoms with Crippen molar-refractivity contribution in [2.45, 2.75) is 128 Å². The first-order valence-electron chi connectivity index (χ1n) is 13.0. The third-order valence-electron chi connectivity index (χ3n) is 5.76. The molecule has 0 rings (SSSR count). The van der Waals surface area contributed by atoms with Crippen molar-refractivity contribution in [3.63, 3.8) is 0 Å². The number of hydrogen-bond donors (Lipinski definition) is 2.